The molecule has 1 amide bonds. The molecule has 1 aromatic carbocycles. The molecule has 0 saturated heterocycles. The van der Waals surface area contributed by atoms with Crippen LogP contribution in [-0.2, 0) is 11.3 Å². The predicted molar refractivity (Wildman–Crippen MR) is 93.8 cm³/mol. The molecule has 1 aromatic rings. The van der Waals surface area contributed by atoms with Crippen LogP contribution in [0.3, 0.4) is 0 Å². The minimum atomic E-state index is -0.149. The van der Waals surface area contributed by atoms with Gasteiger partial charge in [0.1, 0.15) is 0 Å². The second kappa shape index (κ2) is 11.2. The molecule has 0 radical (unpaired) electrons. The van der Waals surface area contributed by atoms with Gasteiger partial charge in [0, 0.05) is 13.1 Å². The quantitative estimate of drug-likeness (QED) is 0.833. The molecule has 0 aromatic heterocycles. The molecule has 1 fully saturated rings. The Labute approximate surface area is 136 Å². The Kier molecular flexibility index (Phi) is 10.6. The number of amides is 1. The number of carbonyl (C=O) groups excluding carboxylic acids is 1. The number of rotatable bonds is 5. The third kappa shape index (κ3) is 6.61. The number of aliphatic hydroxyl groups excluding tert-OH is 1. The fourth-order valence-corrected chi connectivity index (χ4v) is 2.52. The van der Waals surface area contributed by atoms with E-state index in [1.165, 1.54) is 16.7 Å². The maximum atomic E-state index is 11.1. The van der Waals surface area contributed by atoms with Gasteiger partial charge in [-0.25, -0.2) is 0 Å². The van der Waals surface area contributed by atoms with Crippen LogP contribution >= 0.6 is 0 Å². The first-order valence-corrected chi connectivity index (χ1v) is 8.52. The van der Waals surface area contributed by atoms with E-state index >= 15 is 0 Å². The molecule has 3 heteroatoms. The maximum Gasteiger partial charge on any atom is 0.210 e. The maximum absolute atomic E-state index is 11.1. The van der Waals surface area contributed by atoms with E-state index in [1.54, 1.807) is 0 Å². The molecule has 0 bridgehead atoms. The Hall–Kier alpha value is -1.35. The zero-order valence-electron chi connectivity index (χ0n) is 15.1. The minimum absolute atomic E-state index is 0.149. The van der Waals surface area contributed by atoms with Crippen LogP contribution in [0.25, 0.3) is 0 Å². The summed E-state index contributed by atoms with van der Waals surface area (Å²) in [5.74, 6) is 0.468. The first-order valence-electron chi connectivity index (χ1n) is 8.52. The van der Waals surface area contributed by atoms with Gasteiger partial charge in [-0.05, 0) is 43.7 Å². The van der Waals surface area contributed by atoms with Crippen molar-refractivity contribution >= 4 is 6.41 Å². The first-order chi connectivity index (χ1) is 10.6. The van der Waals surface area contributed by atoms with Gasteiger partial charge in [-0.1, -0.05) is 51.5 Å². The van der Waals surface area contributed by atoms with Crippen LogP contribution in [0.5, 0.6) is 0 Å². The van der Waals surface area contributed by atoms with Gasteiger partial charge in [0.15, 0.2) is 0 Å². The van der Waals surface area contributed by atoms with Crippen molar-refractivity contribution in [3.05, 3.63) is 34.9 Å². The normalized spacial score (nSPS) is 18.9. The van der Waals surface area contributed by atoms with Crippen LogP contribution < -0.4 is 0 Å². The lowest BCUT2D eigenvalue weighted by Crippen LogP contribution is -2.38. The van der Waals surface area contributed by atoms with Gasteiger partial charge in [0.25, 0.3) is 0 Å². The average molecular weight is 307 g/mol. The van der Waals surface area contributed by atoms with Crippen LogP contribution in [0.2, 0.25) is 0 Å². The number of aliphatic hydroxyl groups is 1. The molecule has 0 atom stereocenters. The van der Waals surface area contributed by atoms with Gasteiger partial charge in [-0.15, -0.1) is 0 Å². The zero-order chi connectivity index (χ0) is 17.1. The SMILES string of the molecule is CC.CC.Cc1ccc(C)c(CN(C=O)CC2CC(O)C2)c1. The van der Waals surface area contributed by atoms with Crippen molar-refractivity contribution in [2.45, 2.75) is 67.0 Å². The van der Waals surface area contributed by atoms with Crippen molar-refractivity contribution in [2.75, 3.05) is 6.54 Å². The molecule has 2 rings (SSSR count). The summed E-state index contributed by atoms with van der Waals surface area (Å²) in [6, 6.07) is 6.33. The Morgan fingerprint density at radius 3 is 2.27 bits per heavy atom. The van der Waals surface area contributed by atoms with Gasteiger partial charge in [-0.2, -0.15) is 0 Å². The molecule has 1 aliphatic carbocycles. The Bertz CT molecular complexity index is 425. The van der Waals surface area contributed by atoms with E-state index in [1.807, 2.05) is 32.6 Å². The topological polar surface area (TPSA) is 40.5 Å². The third-order valence-corrected chi connectivity index (χ3v) is 3.73. The number of hydrogen-bond acceptors (Lipinski definition) is 2. The summed E-state index contributed by atoms with van der Waals surface area (Å²) >= 11 is 0. The van der Waals surface area contributed by atoms with E-state index in [0.29, 0.717) is 12.5 Å². The largest absolute Gasteiger partial charge is 0.393 e. The highest BCUT2D eigenvalue weighted by molar-refractivity contribution is 5.48. The third-order valence-electron chi connectivity index (χ3n) is 3.73. The predicted octanol–water partition coefficient (Wildman–Crippen LogP) is 4.09. The van der Waals surface area contributed by atoms with Gasteiger partial charge < -0.3 is 10.0 Å². The molecule has 1 saturated carbocycles. The van der Waals surface area contributed by atoms with Crippen LogP contribution in [0.15, 0.2) is 18.2 Å². The molecular formula is C19H33NO2. The summed E-state index contributed by atoms with van der Waals surface area (Å²) in [6.07, 6.45) is 2.44. The van der Waals surface area contributed by atoms with Crippen LogP contribution in [0.4, 0.5) is 0 Å². The molecule has 0 spiro atoms. The smallest absolute Gasteiger partial charge is 0.210 e. The summed E-state index contributed by atoms with van der Waals surface area (Å²) in [7, 11) is 0. The average Bonchev–Trinajstić information content (AvgIpc) is 2.52. The van der Waals surface area contributed by atoms with Crippen LogP contribution in [-0.4, -0.2) is 29.1 Å². The van der Waals surface area contributed by atoms with E-state index in [9.17, 15) is 9.90 Å². The Morgan fingerprint density at radius 2 is 1.77 bits per heavy atom. The molecule has 0 aliphatic heterocycles. The summed E-state index contributed by atoms with van der Waals surface area (Å²) in [6.45, 7) is 13.6. The number of aryl methyl sites for hydroxylation is 2. The lowest BCUT2D eigenvalue weighted by Gasteiger charge is -2.34. The van der Waals surface area contributed by atoms with Crippen molar-refractivity contribution in [1.82, 2.24) is 4.90 Å². The highest BCUT2D eigenvalue weighted by Crippen LogP contribution is 2.28. The fraction of sp³-hybridized carbons (Fsp3) is 0.632. The van der Waals surface area contributed by atoms with Gasteiger partial charge in [0.2, 0.25) is 6.41 Å². The lowest BCUT2D eigenvalue weighted by atomic mass is 9.82. The molecular weight excluding hydrogens is 274 g/mol. The van der Waals surface area contributed by atoms with Gasteiger partial charge in [0.05, 0.1) is 6.10 Å². The monoisotopic (exact) mass is 307 g/mol. The number of carbonyl (C=O) groups is 1. The van der Waals surface area contributed by atoms with Crippen molar-refractivity contribution in [3.63, 3.8) is 0 Å². The van der Waals surface area contributed by atoms with E-state index in [2.05, 4.69) is 32.0 Å². The standard InChI is InChI=1S/C15H21NO2.2C2H6/c1-11-3-4-12(2)14(5-11)9-16(10-17)8-13-6-15(18)7-13;2*1-2/h3-5,10,13,15,18H,6-9H2,1-2H3;2*1-2H3. The highest BCUT2D eigenvalue weighted by Gasteiger charge is 2.28. The summed E-state index contributed by atoms with van der Waals surface area (Å²) < 4.78 is 0. The van der Waals surface area contributed by atoms with E-state index in [0.717, 1.165) is 25.8 Å². The van der Waals surface area contributed by atoms with E-state index in [-0.39, 0.29) is 6.10 Å². The Morgan fingerprint density at radius 1 is 1.18 bits per heavy atom. The number of benzene rings is 1. The summed E-state index contributed by atoms with van der Waals surface area (Å²) in [4.78, 5) is 12.9. The molecule has 0 heterocycles. The lowest BCUT2D eigenvalue weighted by molar-refractivity contribution is -0.120. The number of nitrogens with zero attached hydrogens (tertiary/aromatic N) is 1. The van der Waals surface area contributed by atoms with Crippen molar-refractivity contribution < 1.29 is 9.90 Å². The van der Waals surface area contributed by atoms with Crippen molar-refractivity contribution in [1.29, 1.82) is 0 Å². The van der Waals surface area contributed by atoms with Crippen molar-refractivity contribution in [3.8, 4) is 0 Å². The van der Waals surface area contributed by atoms with Crippen LogP contribution in [0, 0.1) is 19.8 Å². The molecule has 22 heavy (non-hydrogen) atoms. The second-order valence-electron chi connectivity index (χ2n) is 5.46. The zero-order valence-corrected chi connectivity index (χ0v) is 15.1. The van der Waals surface area contributed by atoms with E-state index < -0.39 is 0 Å². The van der Waals surface area contributed by atoms with Gasteiger partial charge >= 0.3 is 0 Å². The second-order valence-corrected chi connectivity index (χ2v) is 5.46. The first kappa shape index (κ1) is 20.6. The van der Waals surface area contributed by atoms with Crippen LogP contribution in [0.1, 0.15) is 57.2 Å². The van der Waals surface area contributed by atoms with Crippen molar-refractivity contribution in [2.24, 2.45) is 5.92 Å². The molecule has 3 nitrogen and oxygen atoms in total. The molecule has 1 N–H and O–H groups in total. The summed E-state index contributed by atoms with van der Waals surface area (Å²) in [5.41, 5.74) is 3.66. The Balaban J connectivity index is 0.00000102. The van der Waals surface area contributed by atoms with E-state index in [4.69, 9.17) is 0 Å². The summed E-state index contributed by atoms with van der Waals surface area (Å²) in [5, 5.41) is 9.27. The molecule has 126 valence electrons. The highest BCUT2D eigenvalue weighted by atomic mass is 16.3. The van der Waals surface area contributed by atoms with Gasteiger partial charge in [-0.3, -0.25) is 4.79 Å². The molecule has 1 aliphatic rings. The minimum Gasteiger partial charge on any atom is -0.393 e. The fourth-order valence-electron chi connectivity index (χ4n) is 2.52. The molecule has 0 unspecified atom stereocenters. The number of hydrogen-bond donors (Lipinski definition) is 1.